The second kappa shape index (κ2) is 14.2. The number of hydrogen-bond donors (Lipinski definition) is 1. The molecule has 0 heterocycles. The summed E-state index contributed by atoms with van der Waals surface area (Å²) in [6.07, 6.45) is 0. The van der Waals surface area contributed by atoms with E-state index in [0.717, 1.165) is 21.0 Å². The summed E-state index contributed by atoms with van der Waals surface area (Å²) in [6.45, 7) is 9.46. The molecule has 0 unspecified atom stereocenters. The topological polar surface area (TPSA) is 105 Å². The van der Waals surface area contributed by atoms with E-state index in [1.54, 1.807) is 31.2 Å². The highest BCUT2D eigenvalue weighted by Crippen LogP contribution is 2.34. The molecule has 2 amide bonds. The Bertz CT molecular complexity index is 1490. The predicted molar refractivity (Wildman–Crippen MR) is 164 cm³/mol. The number of anilines is 1. The Labute approximate surface area is 249 Å². The van der Waals surface area contributed by atoms with Crippen molar-refractivity contribution in [3.8, 4) is 11.5 Å². The van der Waals surface area contributed by atoms with E-state index < -0.39 is 28.5 Å². The van der Waals surface area contributed by atoms with Crippen LogP contribution >= 0.6 is 0 Å². The van der Waals surface area contributed by atoms with Gasteiger partial charge in [0.25, 0.3) is 10.0 Å². The molecule has 0 aliphatic heterocycles. The first-order valence-electron chi connectivity index (χ1n) is 13.8. The number of amides is 2. The van der Waals surface area contributed by atoms with Crippen LogP contribution in [0.1, 0.15) is 37.5 Å². The molecule has 0 bridgehead atoms. The Morgan fingerprint density at radius 3 is 2.12 bits per heavy atom. The maximum Gasteiger partial charge on any atom is 0.264 e. The molecule has 42 heavy (non-hydrogen) atoms. The number of hydrogen-bond acceptors (Lipinski definition) is 6. The molecule has 0 aliphatic rings. The Morgan fingerprint density at radius 2 is 1.52 bits per heavy atom. The Balaban J connectivity index is 2.07. The zero-order chi connectivity index (χ0) is 31.0. The average molecular weight is 596 g/mol. The fourth-order valence-electron chi connectivity index (χ4n) is 4.39. The Hall–Kier alpha value is -4.05. The molecule has 9 nitrogen and oxygen atoms in total. The van der Waals surface area contributed by atoms with Gasteiger partial charge in [-0.3, -0.25) is 13.9 Å². The van der Waals surface area contributed by atoms with E-state index >= 15 is 0 Å². The maximum atomic E-state index is 14.1. The van der Waals surface area contributed by atoms with Gasteiger partial charge in [0.1, 0.15) is 12.6 Å². The molecular formula is C32H41N3O6S. The molecule has 3 rings (SSSR count). The molecule has 1 atom stereocenters. The van der Waals surface area contributed by atoms with Gasteiger partial charge in [0, 0.05) is 19.2 Å². The monoisotopic (exact) mass is 595 g/mol. The zero-order valence-corrected chi connectivity index (χ0v) is 26.2. The minimum atomic E-state index is -4.20. The number of nitrogens with zero attached hydrogens (tertiary/aromatic N) is 2. The van der Waals surface area contributed by atoms with Gasteiger partial charge >= 0.3 is 0 Å². The lowest BCUT2D eigenvalue weighted by atomic mass is 10.1. The molecular weight excluding hydrogens is 554 g/mol. The minimum absolute atomic E-state index is 0.0312. The van der Waals surface area contributed by atoms with E-state index in [2.05, 4.69) is 5.32 Å². The number of ether oxygens (including phenoxy) is 2. The van der Waals surface area contributed by atoms with Gasteiger partial charge in [-0.1, -0.05) is 61.4 Å². The summed E-state index contributed by atoms with van der Waals surface area (Å²) < 4.78 is 39.9. The molecule has 0 aromatic heterocycles. The van der Waals surface area contributed by atoms with Crippen LogP contribution in [-0.4, -0.2) is 58.5 Å². The summed E-state index contributed by atoms with van der Waals surface area (Å²) in [4.78, 5) is 28.7. The molecule has 10 heteroatoms. The van der Waals surface area contributed by atoms with Gasteiger partial charge in [-0.05, 0) is 56.5 Å². The molecule has 0 fully saturated rings. The lowest BCUT2D eigenvalue weighted by Crippen LogP contribution is -2.51. The zero-order valence-electron chi connectivity index (χ0n) is 25.4. The fourth-order valence-corrected chi connectivity index (χ4v) is 5.79. The first-order valence-corrected chi connectivity index (χ1v) is 15.3. The second-order valence-electron chi connectivity index (χ2n) is 10.7. The van der Waals surface area contributed by atoms with E-state index in [9.17, 15) is 18.0 Å². The van der Waals surface area contributed by atoms with Crippen molar-refractivity contribution < 1.29 is 27.5 Å². The molecule has 226 valence electrons. The Kier molecular flexibility index (Phi) is 11.0. The van der Waals surface area contributed by atoms with Crippen LogP contribution in [0.3, 0.4) is 0 Å². The van der Waals surface area contributed by atoms with Crippen LogP contribution in [-0.2, 0) is 26.2 Å². The molecule has 1 N–H and O–H groups in total. The molecule has 0 aliphatic carbocycles. The van der Waals surface area contributed by atoms with Crippen LogP contribution in [0.15, 0.2) is 71.6 Å². The van der Waals surface area contributed by atoms with Crippen molar-refractivity contribution in [2.75, 3.05) is 31.6 Å². The second-order valence-corrected chi connectivity index (χ2v) is 12.6. The molecule has 0 spiro atoms. The summed E-state index contributed by atoms with van der Waals surface area (Å²) in [6, 6.07) is 17.9. The van der Waals surface area contributed by atoms with E-state index in [1.165, 1.54) is 37.3 Å². The number of nitrogens with one attached hydrogen (secondary N) is 1. The third kappa shape index (κ3) is 8.03. The minimum Gasteiger partial charge on any atom is -0.493 e. The van der Waals surface area contributed by atoms with Gasteiger partial charge in [0.15, 0.2) is 11.5 Å². The maximum absolute atomic E-state index is 14.1. The average Bonchev–Trinajstić information content (AvgIpc) is 2.96. The summed E-state index contributed by atoms with van der Waals surface area (Å²) in [5.41, 5.74) is 2.94. The predicted octanol–water partition coefficient (Wildman–Crippen LogP) is 4.71. The molecule has 3 aromatic rings. The van der Waals surface area contributed by atoms with Gasteiger partial charge in [-0.2, -0.15) is 0 Å². The van der Waals surface area contributed by atoms with Crippen molar-refractivity contribution in [2.45, 2.75) is 52.1 Å². The first kappa shape index (κ1) is 32.5. The van der Waals surface area contributed by atoms with Crippen LogP contribution in [0.5, 0.6) is 11.5 Å². The first-order chi connectivity index (χ1) is 19.9. The third-order valence-corrected chi connectivity index (χ3v) is 8.62. The molecule has 0 saturated heterocycles. The normalized spacial score (nSPS) is 12.0. The lowest BCUT2D eigenvalue weighted by molar-refractivity contribution is -0.139. The van der Waals surface area contributed by atoms with Gasteiger partial charge < -0.3 is 19.7 Å². The smallest absolute Gasteiger partial charge is 0.264 e. The van der Waals surface area contributed by atoms with Crippen molar-refractivity contribution in [1.82, 2.24) is 10.2 Å². The van der Waals surface area contributed by atoms with Crippen LogP contribution in [0.25, 0.3) is 0 Å². The number of sulfonamides is 1. The van der Waals surface area contributed by atoms with Crippen LogP contribution in [0.2, 0.25) is 0 Å². The van der Waals surface area contributed by atoms with Crippen molar-refractivity contribution in [3.05, 3.63) is 83.4 Å². The molecule has 0 saturated carbocycles. The van der Waals surface area contributed by atoms with Gasteiger partial charge in [0.05, 0.1) is 24.8 Å². The number of rotatable bonds is 13. The Morgan fingerprint density at radius 1 is 0.857 bits per heavy atom. The number of carbonyl (C=O) groups is 2. The molecule has 3 aromatic carbocycles. The van der Waals surface area contributed by atoms with Crippen LogP contribution in [0.4, 0.5) is 5.69 Å². The van der Waals surface area contributed by atoms with E-state index in [0.29, 0.717) is 18.0 Å². The van der Waals surface area contributed by atoms with E-state index in [-0.39, 0.29) is 29.0 Å². The summed E-state index contributed by atoms with van der Waals surface area (Å²) >= 11 is 0. The summed E-state index contributed by atoms with van der Waals surface area (Å²) in [7, 11) is -1.27. The summed E-state index contributed by atoms with van der Waals surface area (Å²) in [5, 5.41) is 2.89. The number of aryl methyl sites for hydroxylation is 2. The fraction of sp³-hybridized carbons (Fsp3) is 0.375. The lowest BCUT2D eigenvalue weighted by Gasteiger charge is -2.32. The number of carbonyl (C=O) groups excluding carboxylic acids is 2. The number of methoxy groups -OCH3 is 2. The highest BCUT2D eigenvalue weighted by atomic mass is 32.2. The quantitative estimate of drug-likeness (QED) is 0.307. The highest BCUT2D eigenvalue weighted by molar-refractivity contribution is 7.92. The van der Waals surface area contributed by atoms with Crippen LogP contribution in [0, 0.1) is 19.8 Å². The largest absolute Gasteiger partial charge is 0.493 e. The number of benzene rings is 3. The van der Waals surface area contributed by atoms with Crippen molar-refractivity contribution in [3.63, 3.8) is 0 Å². The van der Waals surface area contributed by atoms with E-state index in [4.69, 9.17) is 9.47 Å². The highest BCUT2D eigenvalue weighted by Gasteiger charge is 2.33. The van der Waals surface area contributed by atoms with Gasteiger partial charge in [-0.15, -0.1) is 0 Å². The van der Waals surface area contributed by atoms with Crippen molar-refractivity contribution >= 4 is 27.5 Å². The van der Waals surface area contributed by atoms with Crippen LogP contribution < -0.4 is 19.1 Å². The van der Waals surface area contributed by atoms with Crippen molar-refractivity contribution in [1.29, 1.82) is 0 Å². The van der Waals surface area contributed by atoms with E-state index in [1.807, 2.05) is 52.0 Å². The molecule has 0 radical (unpaired) electrons. The van der Waals surface area contributed by atoms with Gasteiger partial charge in [-0.25, -0.2) is 8.42 Å². The van der Waals surface area contributed by atoms with Gasteiger partial charge in [0.2, 0.25) is 11.8 Å². The summed E-state index contributed by atoms with van der Waals surface area (Å²) in [5.74, 6) is 0.0987. The van der Waals surface area contributed by atoms with Crippen molar-refractivity contribution in [2.24, 2.45) is 5.92 Å². The third-order valence-electron chi connectivity index (χ3n) is 6.83. The SMILES string of the molecule is COc1ccc(N(CC(=O)N(Cc2cccc(C)c2)[C@@H](C)C(=O)NCC(C)C)S(=O)(=O)c2ccc(C)cc2)cc1OC. The standard InChI is InChI=1S/C32H41N3O6S/c1-22(2)19-33-32(37)25(5)34(20-26-10-8-9-24(4)17-26)31(36)21-35(27-13-16-29(40-6)30(18-27)41-7)42(38,39)28-14-11-23(3)12-15-28/h8-18,22,25H,19-21H2,1-7H3,(H,33,37)/t25-/m0/s1.